The van der Waals surface area contributed by atoms with Crippen molar-refractivity contribution in [3.05, 3.63) is 20.8 Å². The Bertz CT molecular complexity index is 487. The van der Waals surface area contributed by atoms with Gasteiger partial charge in [0, 0.05) is 13.1 Å². The number of hydrogen-bond donors (Lipinski definition) is 3. The van der Waals surface area contributed by atoms with Gasteiger partial charge in [0.15, 0.2) is 0 Å². The van der Waals surface area contributed by atoms with Gasteiger partial charge in [0.05, 0.1) is 0 Å². The first-order valence-corrected chi connectivity index (χ1v) is 5.83. The Morgan fingerprint density at radius 2 is 2.06 bits per heavy atom. The Kier molecular flexibility index (Phi) is 4.37. The number of aromatic amines is 1. The predicted octanol–water partition coefficient (Wildman–Crippen LogP) is 0.597. The maximum atomic E-state index is 11.6. The summed E-state index contributed by atoms with van der Waals surface area (Å²) in [4.78, 5) is 25.4. The van der Waals surface area contributed by atoms with Crippen LogP contribution in [0.3, 0.4) is 0 Å². The minimum absolute atomic E-state index is 0.209. The van der Waals surface area contributed by atoms with Crippen molar-refractivity contribution in [3.8, 4) is 0 Å². The Morgan fingerprint density at radius 3 is 2.59 bits per heavy atom. The van der Waals surface area contributed by atoms with E-state index in [1.807, 2.05) is 20.8 Å². The minimum Gasteiger partial charge on any atom is -0.383 e. The van der Waals surface area contributed by atoms with E-state index in [0.717, 1.165) is 6.42 Å². The second-order valence-electron chi connectivity index (χ2n) is 4.45. The normalized spacial score (nSPS) is 10.8. The highest BCUT2D eigenvalue weighted by atomic mass is 16.2. The van der Waals surface area contributed by atoms with Crippen molar-refractivity contribution >= 4 is 11.5 Å². The Morgan fingerprint density at radius 1 is 1.41 bits per heavy atom. The number of nitrogens with zero attached hydrogens (tertiary/aromatic N) is 1. The molecule has 0 aromatic carbocycles. The van der Waals surface area contributed by atoms with Crippen LogP contribution >= 0.6 is 0 Å². The van der Waals surface area contributed by atoms with Crippen LogP contribution < -0.4 is 22.3 Å². The lowest BCUT2D eigenvalue weighted by Crippen LogP contribution is -2.34. The van der Waals surface area contributed by atoms with E-state index in [1.54, 1.807) is 0 Å². The maximum Gasteiger partial charge on any atom is 0.330 e. The van der Waals surface area contributed by atoms with Crippen LogP contribution in [0.25, 0.3) is 0 Å². The van der Waals surface area contributed by atoms with Gasteiger partial charge in [0.2, 0.25) is 0 Å². The summed E-state index contributed by atoms with van der Waals surface area (Å²) >= 11 is 0. The van der Waals surface area contributed by atoms with Crippen LogP contribution in [0.2, 0.25) is 0 Å². The summed E-state index contributed by atoms with van der Waals surface area (Å²) in [5.41, 5.74) is 5.21. The fourth-order valence-corrected chi connectivity index (χ4v) is 1.51. The molecule has 1 rings (SSSR count). The number of nitrogen functional groups attached to an aromatic ring is 1. The van der Waals surface area contributed by atoms with E-state index in [4.69, 9.17) is 5.73 Å². The topological polar surface area (TPSA) is 92.9 Å². The van der Waals surface area contributed by atoms with Gasteiger partial charge in [-0.2, -0.15) is 0 Å². The number of nitrogens with two attached hydrogens (primary N) is 1. The van der Waals surface area contributed by atoms with Gasteiger partial charge in [-0.3, -0.25) is 14.3 Å². The van der Waals surface area contributed by atoms with E-state index in [-0.39, 0.29) is 11.5 Å². The smallest absolute Gasteiger partial charge is 0.330 e. The number of anilines is 2. The van der Waals surface area contributed by atoms with Crippen LogP contribution in [0.1, 0.15) is 27.2 Å². The molecule has 0 aliphatic carbocycles. The fourth-order valence-electron chi connectivity index (χ4n) is 1.51. The zero-order valence-electron chi connectivity index (χ0n) is 10.5. The van der Waals surface area contributed by atoms with Gasteiger partial charge >= 0.3 is 5.69 Å². The Balaban J connectivity index is 3.16. The van der Waals surface area contributed by atoms with Crippen molar-refractivity contribution in [2.24, 2.45) is 5.92 Å². The molecule has 0 unspecified atom stereocenters. The average Bonchev–Trinajstić information content (AvgIpc) is 2.23. The molecule has 6 nitrogen and oxygen atoms in total. The molecule has 6 heteroatoms. The highest BCUT2D eigenvalue weighted by Crippen LogP contribution is 2.10. The first-order chi connectivity index (χ1) is 7.97. The molecule has 96 valence electrons. The third kappa shape index (κ3) is 3.12. The number of rotatable bonds is 5. The lowest BCUT2D eigenvalue weighted by atomic mass is 10.2. The van der Waals surface area contributed by atoms with Gasteiger partial charge < -0.3 is 11.1 Å². The summed E-state index contributed by atoms with van der Waals surface area (Å²) < 4.78 is 1.38. The summed E-state index contributed by atoms with van der Waals surface area (Å²) in [6, 6.07) is 0. The van der Waals surface area contributed by atoms with E-state index < -0.39 is 11.2 Å². The molecule has 0 saturated heterocycles. The summed E-state index contributed by atoms with van der Waals surface area (Å²) in [5.74, 6) is 0.599. The summed E-state index contributed by atoms with van der Waals surface area (Å²) in [6.45, 7) is 7.13. The summed E-state index contributed by atoms with van der Waals surface area (Å²) in [6.07, 6.45) is 0.778. The molecule has 0 aliphatic rings. The molecular formula is C11H20N4O2. The van der Waals surface area contributed by atoms with Crippen LogP contribution in [0, 0.1) is 5.92 Å². The number of hydrogen-bond acceptors (Lipinski definition) is 4. The van der Waals surface area contributed by atoms with E-state index in [9.17, 15) is 9.59 Å². The molecule has 0 amide bonds. The monoisotopic (exact) mass is 240 g/mol. The molecule has 0 saturated carbocycles. The minimum atomic E-state index is -0.458. The van der Waals surface area contributed by atoms with E-state index in [0.29, 0.717) is 19.0 Å². The van der Waals surface area contributed by atoms with Crippen molar-refractivity contribution in [1.29, 1.82) is 0 Å². The number of aromatic nitrogens is 2. The molecule has 1 aromatic heterocycles. The van der Waals surface area contributed by atoms with Crippen LogP contribution in [-0.2, 0) is 6.54 Å². The zero-order chi connectivity index (χ0) is 13.0. The van der Waals surface area contributed by atoms with Crippen molar-refractivity contribution in [1.82, 2.24) is 9.55 Å². The molecule has 0 aliphatic heterocycles. The first kappa shape index (κ1) is 13.3. The van der Waals surface area contributed by atoms with Crippen molar-refractivity contribution in [3.63, 3.8) is 0 Å². The second-order valence-corrected chi connectivity index (χ2v) is 4.45. The molecule has 0 atom stereocenters. The number of nitrogens with one attached hydrogen (secondary N) is 2. The van der Waals surface area contributed by atoms with E-state index in [1.165, 1.54) is 4.57 Å². The lowest BCUT2D eigenvalue weighted by Gasteiger charge is -2.14. The van der Waals surface area contributed by atoms with Crippen molar-refractivity contribution < 1.29 is 0 Å². The summed E-state index contributed by atoms with van der Waals surface area (Å²) in [5, 5.41) is 2.98. The molecular weight excluding hydrogens is 220 g/mol. The van der Waals surface area contributed by atoms with Crippen LogP contribution in [0.4, 0.5) is 11.5 Å². The van der Waals surface area contributed by atoms with Crippen LogP contribution in [0.15, 0.2) is 9.59 Å². The van der Waals surface area contributed by atoms with Gasteiger partial charge in [-0.05, 0) is 12.3 Å². The molecule has 0 spiro atoms. The van der Waals surface area contributed by atoms with Crippen LogP contribution in [-0.4, -0.2) is 16.1 Å². The Labute approximate surface area is 99.8 Å². The van der Waals surface area contributed by atoms with Crippen LogP contribution in [0.5, 0.6) is 0 Å². The molecule has 1 heterocycles. The predicted molar refractivity (Wildman–Crippen MR) is 69.4 cm³/mol. The van der Waals surface area contributed by atoms with Gasteiger partial charge in [-0.15, -0.1) is 0 Å². The van der Waals surface area contributed by atoms with Crippen molar-refractivity contribution in [2.75, 3.05) is 17.6 Å². The second kappa shape index (κ2) is 5.56. The molecule has 4 N–H and O–H groups in total. The highest BCUT2D eigenvalue weighted by Gasteiger charge is 2.11. The zero-order valence-corrected chi connectivity index (χ0v) is 10.5. The molecule has 0 bridgehead atoms. The van der Waals surface area contributed by atoms with Gasteiger partial charge in [-0.1, -0.05) is 20.8 Å². The van der Waals surface area contributed by atoms with Crippen molar-refractivity contribution in [2.45, 2.75) is 33.7 Å². The van der Waals surface area contributed by atoms with E-state index >= 15 is 0 Å². The van der Waals surface area contributed by atoms with Gasteiger partial charge in [0.1, 0.15) is 11.5 Å². The third-order valence-corrected chi connectivity index (χ3v) is 2.37. The quantitative estimate of drug-likeness (QED) is 0.702. The van der Waals surface area contributed by atoms with Gasteiger partial charge in [-0.25, -0.2) is 4.79 Å². The van der Waals surface area contributed by atoms with Gasteiger partial charge in [0.25, 0.3) is 5.56 Å². The molecule has 0 radical (unpaired) electrons. The molecule has 17 heavy (non-hydrogen) atoms. The third-order valence-electron chi connectivity index (χ3n) is 2.37. The van der Waals surface area contributed by atoms with E-state index in [2.05, 4.69) is 10.3 Å². The fraction of sp³-hybridized carbons (Fsp3) is 0.636. The largest absolute Gasteiger partial charge is 0.383 e. The standard InChI is InChI=1S/C11H20N4O2/c1-4-5-15-9(12)8(13-6-7(2)3)10(16)14-11(15)17/h7,13H,4-6,12H2,1-3H3,(H,14,16,17). The Hall–Kier alpha value is -1.72. The lowest BCUT2D eigenvalue weighted by molar-refractivity contribution is 0.639. The number of H-pyrrole nitrogens is 1. The molecule has 1 aromatic rings. The highest BCUT2D eigenvalue weighted by molar-refractivity contribution is 5.60. The molecule has 0 fully saturated rings. The maximum absolute atomic E-state index is 11.6. The summed E-state index contributed by atoms with van der Waals surface area (Å²) in [7, 11) is 0. The first-order valence-electron chi connectivity index (χ1n) is 5.83. The SMILES string of the molecule is CCCn1c(N)c(NCC(C)C)c(=O)[nH]c1=O. The average molecular weight is 240 g/mol.